The number of likely N-dealkylation sites (tertiary alicyclic amines) is 1. The second kappa shape index (κ2) is 8.78. The zero-order valence-electron chi connectivity index (χ0n) is 16.1. The minimum absolute atomic E-state index is 0.0943. The summed E-state index contributed by atoms with van der Waals surface area (Å²) in [5, 5.41) is 14.3. The van der Waals surface area contributed by atoms with Crippen LogP contribution in [-0.2, 0) is 32.0 Å². The first-order valence-corrected chi connectivity index (χ1v) is 8.86. The molecule has 1 aromatic heterocycles. The van der Waals surface area contributed by atoms with Crippen LogP contribution < -0.4 is 5.32 Å². The maximum atomic E-state index is 12.1. The fourth-order valence-electron chi connectivity index (χ4n) is 2.53. The maximum absolute atomic E-state index is 12.1. The Morgan fingerprint density at radius 2 is 2.04 bits per heavy atom. The zero-order chi connectivity index (χ0) is 20.0. The van der Waals surface area contributed by atoms with Crippen molar-refractivity contribution in [2.24, 2.45) is 0 Å². The number of tetrazole rings is 1. The van der Waals surface area contributed by atoms with E-state index in [1.54, 1.807) is 11.8 Å². The lowest BCUT2D eigenvalue weighted by atomic mass is 10.2. The Hall–Kier alpha value is -2.72. The molecule has 1 atom stereocenters. The molecule has 11 nitrogen and oxygen atoms in total. The number of hydrogen-bond donors (Lipinski definition) is 1. The molecule has 1 fully saturated rings. The number of nitrogens with zero attached hydrogens (tertiary/aromatic N) is 5. The normalized spacial score (nSPS) is 16.9. The van der Waals surface area contributed by atoms with Crippen molar-refractivity contribution in [2.75, 3.05) is 19.7 Å². The van der Waals surface area contributed by atoms with E-state index in [9.17, 15) is 14.4 Å². The molecule has 11 heteroatoms. The summed E-state index contributed by atoms with van der Waals surface area (Å²) in [6.45, 7) is 8.19. The average molecular weight is 382 g/mol. The van der Waals surface area contributed by atoms with Crippen LogP contribution >= 0.6 is 0 Å². The molecule has 1 aromatic rings. The summed E-state index contributed by atoms with van der Waals surface area (Å²) >= 11 is 0. The Bertz CT molecular complexity index is 683. The lowest BCUT2D eigenvalue weighted by Gasteiger charge is -2.24. The predicted molar refractivity (Wildman–Crippen MR) is 92.5 cm³/mol. The number of nitrogens with one attached hydrogen (secondary N) is 1. The SMILES string of the molecule is CCOC(=O)Cc1nnn(CC(=O)N[C@H]2CCN(C(=O)OC(C)(C)C)C2)n1. The Balaban J connectivity index is 1.77. The first-order chi connectivity index (χ1) is 12.7. The van der Waals surface area contributed by atoms with Gasteiger partial charge in [-0.05, 0) is 39.3 Å². The molecule has 1 aliphatic rings. The molecule has 1 N–H and O–H groups in total. The molecule has 1 aliphatic heterocycles. The predicted octanol–water partition coefficient (Wildman–Crippen LogP) is -0.0957. The minimum Gasteiger partial charge on any atom is -0.466 e. The largest absolute Gasteiger partial charge is 0.466 e. The fourth-order valence-corrected chi connectivity index (χ4v) is 2.53. The summed E-state index contributed by atoms with van der Waals surface area (Å²) in [5.74, 6) is -0.556. The number of ether oxygens (including phenoxy) is 2. The molecule has 0 saturated carbocycles. The van der Waals surface area contributed by atoms with E-state index >= 15 is 0 Å². The van der Waals surface area contributed by atoms with Crippen molar-refractivity contribution in [2.45, 2.75) is 58.7 Å². The summed E-state index contributed by atoms with van der Waals surface area (Å²) in [6.07, 6.45) is 0.160. The molecule has 0 aliphatic carbocycles. The lowest BCUT2D eigenvalue weighted by molar-refractivity contribution is -0.142. The van der Waals surface area contributed by atoms with Crippen molar-refractivity contribution in [3.05, 3.63) is 5.82 Å². The highest BCUT2D eigenvalue weighted by molar-refractivity contribution is 5.76. The Morgan fingerprint density at radius 3 is 2.70 bits per heavy atom. The molecule has 0 radical (unpaired) electrons. The van der Waals surface area contributed by atoms with Crippen LogP contribution in [0.3, 0.4) is 0 Å². The first-order valence-electron chi connectivity index (χ1n) is 8.86. The standard InChI is InChI=1S/C16H26N6O5/c1-5-26-14(24)8-12-18-20-22(19-12)10-13(23)17-11-6-7-21(9-11)15(25)27-16(2,3)4/h11H,5-10H2,1-4H3,(H,17,23)/t11-/m0/s1. The minimum atomic E-state index is -0.557. The van der Waals surface area contributed by atoms with Crippen LogP contribution in [-0.4, -0.2) is 74.4 Å². The van der Waals surface area contributed by atoms with Gasteiger partial charge in [0.25, 0.3) is 0 Å². The van der Waals surface area contributed by atoms with E-state index in [1.807, 2.05) is 20.8 Å². The van der Waals surface area contributed by atoms with Crippen LogP contribution in [0.2, 0.25) is 0 Å². The van der Waals surface area contributed by atoms with E-state index in [0.717, 1.165) is 4.80 Å². The highest BCUT2D eigenvalue weighted by Gasteiger charge is 2.30. The maximum Gasteiger partial charge on any atom is 0.410 e. The van der Waals surface area contributed by atoms with E-state index in [0.29, 0.717) is 19.5 Å². The van der Waals surface area contributed by atoms with Gasteiger partial charge >= 0.3 is 12.1 Å². The van der Waals surface area contributed by atoms with Crippen LogP contribution in [0.25, 0.3) is 0 Å². The second-order valence-electron chi connectivity index (χ2n) is 7.20. The van der Waals surface area contributed by atoms with Gasteiger partial charge < -0.3 is 19.7 Å². The quantitative estimate of drug-likeness (QED) is 0.676. The van der Waals surface area contributed by atoms with Crippen molar-refractivity contribution >= 4 is 18.0 Å². The van der Waals surface area contributed by atoms with Gasteiger partial charge in [-0.15, -0.1) is 10.2 Å². The number of carbonyl (C=O) groups is 3. The van der Waals surface area contributed by atoms with Gasteiger partial charge in [-0.2, -0.15) is 4.80 Å². The highest BCUT2D eigenvalue weighted by Crippen LogP contribution is 2.15. The zero-order valence-corrected chi connectivity index (χ0v) is 16.1. The summed E-state index contributed by atoms with van der Waals surface area (Å²) < 4.78 is 10.1. The summed E-state index contributed by atoms with van der Waals surface area (Å²) in [4.78, 5) is 38.3. The van der Waals surface area contributed by atoms with Crippen LogP contribution in [0.1, 0.15) is 39.9 Å². The Kier molecular flexibility index (Phi) is 6.70. The smallest absolute Gasteiger partial charge is 0.410 e. The molecule has 0 spiro atoms. The van der Waals surface area contributed by atoms with Crippen molar-refractivity contribution in [3.63, 3.8) is 0 Å². The van der Waals surface area contributed by atoms with Gasteiger partial charge in [-0.1, -0.05) is 0 Å². The molecule has 0 unspecified atom stereocenters. The molecule has 2 amide bonds. The number of aromatic nitrogens is 4. The van der Waals surface area contributed by atoms with Gasteiger partial charge in [0, 0.05) is 19.1 Å². The van der Waals surface area contributed by atoms with Gasteiger partial charge in [-0.3, -0.25) is 9.59 Å². The van der Waals surface area contributed by atoms with Crippen molar-refractivity contribution in [3.8, 4) is 0 Å². The third kappa shape index (κ3) is 6.83. The van der Waals surface area contributed by atoms with Gasteiger partial charge in [0.05, 0.1) is 6.61 Å². The van der Waals surface area contributed by atoms with Crippen LogP contribution in [0.4, 0.5) is 4.79 Å². The summed E-state index contributed by atoms with van der Waals surface area (Å²) in [6, 6.07) is -0.160. The molecule has 1 saturated heterocycles. The summed E-state index contributed by atoms with van der Waals surface area (Å²) in [5.41, 5.74) is -0.557. The average Bonchev–Trinajstić information content (AvgIpc) is 3.15. The number of amides is 2. The summed E-state index contributed by atoms with van der Waals surface area (Å²) in [7, 11) is 0. The van der Waals surface area contributed by atoms with Crippen LogP contribution in [0.5, 0.6) is 0 Å². The Morgan fingerprint density at radius 1 is 1.30 bits per heavy atom. The molecule has 0 bridgehead atoms. The van der Waals surface area contributed by atoms with E-state index < -0.39 is 11.6 Å². The van der Waals surface area contributed by atoms with Gasteiger partial charge in [0.1, 0.15) is 18.6 Å². The van der Waals surface area contributed by atoms with Gasteiger partial charge in [-0.25, -0.2) is 4.79 Å². The van der Waals surface area contributed by atoms with Crippen LogP contribution in [0, 0.1) is 0 Å². The number of esters is 1. The topological polar surface area (TPSA) is 129 Å². The molecule has 2 rings (SSSR count). The molecule has 27 heavy (non-hydrogen) atoms. The molecular formula is C16H26N6O5. The Labute approximate surface area is 157 Å². The third-order valence-electron chi connectivity index (χ3n) is 3.59. The first kappa shape index (κ1) is 20.6. The van der Waals surface area contributed by atoms with Gasteiger partial charge in [0.2, 0.25) is 5.91 Å². The van der Waals surface area contributed by atoms with Gasteiger partial charge in [0.15, 0.2) is 5.82 Å². The fraction of sp³-hybridized carbons (Fsp3) is 0.750. The van der Waals surface area contributed by atoms with Crippen molar-refractivity contribution in [1.82, 2.24) is 30.4 Å². The second-order valence-corrected chi connectivity index (χ2v) is 7.20. The van der Waals surface area contributed by atoms with E-state index in [2.05, 4.69) is 20.7 Å². The van der Waals surface area contributed by atoms with E-state index in [-0.39, 0.29) is 43.4 Å². The molecule has 0 aromatic carbocycles. The van der Waals surface area contributed by atoms with E-state index in [1.165, 1.54) is 0 Å². The molecular weight excluding hydrogens is 356 g/mol. The molecule has 150 valence electrons. The number of rotatable bonds is 6. The molecule has 2 heterocycles. The highest BCUT2D eigenvalue weighted by atomic mass is 16.6. The van der Waals surface area contributed by atoms with Crippen molar-refractivity contribution in [1.29, 1.82) is 0 Å². The van der Waals surface area contributed by atoms with Crippen LogP contribution in [0.15, 0.2) is 0 Å². The lowest BCUT2D eigenvalue weighted by Crippen LogP contribution is -2.41. The van der Waals surface area contributed by atoms with E-state index in [4.69, 9.17) is 9.47 Å². The monoisotopic (exact) mass is 382 g/mol. The number of carbonyl (C=O) groups excluding carboxylic acids is 3. The van der Waals surface area contributed by atoms with Crippen molar-refractivity contribution < 1.29 is 23.9 Å². The third-order valence-corrected chi connectivity index (χ3v) is 3.59. The number of hydrogen-bond acceptors (Lipinski definition) is 8.